The van der Waals surface area contributed by atoms with Crippen LogP contribution >= 0.6 is 35.6 Å². The molecule has 1 aliphatic carbocycles. The second-order valence-corrected chi connectivity index (χ2v) is 7.62. The fourth-order valence-corrected chi connectivity index (χ4v) is 4.33. The van der Waals surface area contributed by atoms with Crippen molar-refractivity contribution in [2.45, 2.75) is 19.3 Å². The molecule has 0 unspecified atom stereocenters. The van der Waals surface area contributed by atoms with Gasteiger partial charge in [-0.3, -0.25) is 9.59 Å². The van der Waals surface area contributed by atoms with Gasteiger partial charge in [-0.05, 0) is 43.5 Å². The highest BCUT2D eigenvalue weighted by Crippen LogP contribution is 2.32. The molecule has 2 aliphatic rings. The van der Waals surface area contributed by atoms with Gasteiger partial charge in [-0.25, -0.2) is 0 Å². The molecule has 2 N–H and O–H groups in total. The summed E-state index contributed by atoms with van der Waals surface area (Å²) in [5.74, 6) is 0.442. The normalized spacial score (nSPS) is 22.9. The molecule has 1 aromatic carbocycles. The largest absolute Gasteiger partial charge is 0.339 e. The van der Waals surface area contributed by atoms with E-state index in [0.29, 0.717) is 54.3 Å². The summed E-state index contributed by atoms with van der Waals surface area (Å²) < 4.78 is 0. The van der Waals surface area contributed by atoms with Gasteiger partial charge in [-0.15, -0.1) is 12.4 Å². The van der Waals surface area contributed by atoms with Crippen molar-refractivity contribution in [1.82, 2.24) is 9.80 Å². The Morgan fingerprint density at radius 3 is 2.35 bits per heavy atom. The Bertz CT molecular complexity index is 663. The summed E-state index contributed by atoms with van der Waals surface area (Å²) in [6.07, 6.45) is 3.05. The molecule has 26 heavy (non-hydrogen) atoms. The Morgan fingerprint density at radius 1 is 1.08 bits per heavy atom. The zero-order valence-electron chi connectivity index (χ0n) is 14.5. The Hall–Kier alpha value is -1.01. The molecular formula is C18H24Cl3N3O2. The average Bonchev–Trinajstić information content (AvgIpc) is 3.09. The lowest BCUT2D eigenvalue weighted by atomic mass is 9.94. The summed E-state index contributed by atoms with van der Waals surface area (Å²) in [6, 6.07) is 4.88. The molecule has 1 aromatic rings. The summed E-state index contributed by atoms with van der Waals surface area (Å²) in [5.41, 5.74) is 6.25. The minimum absolute atomic E-state index is 0. The number of amides is 2. The van der Waals surface area contributed by atoms with E-state index in [1.54, 1.807) is 23.1 Å². The number of benzene rings is 1. The summed E-state index contributed by atoms with van der Waals surface area (Å²) in [5, 5.41) is 0.857. The number of halogens is 3. The third-order valence-corrected chi connectivity index (χ3v) is 5.87. The molecule has 5 nitrogen and oxygen atoms in total. The molecule has 0 aromatic heterocycles. The van der Waals surface area contributed by atoms with Crippen molar-refractivity contribution < 1.29 is 9.59 Å². The number of hydrogen-bond donors (Lipinski definition) is 1. The van der Waals surface area contributed by atoms with Gasteiger partial charge in [0.2, 0.25) is 5.91 Å². The summed E-state index contributed by atoms with van der Waals surface area (Å²) in [7, 11) is 0. The Morgan fingerprint density at radius 2 is 1.73 bits per heavy atom. The highest BCUT2D eigenvalue weighted by molar-refractivity contribution is 6.36. The molecule has 0 bridgehead atoms. The molecule has 2 fully saturated rings. The number of carbonyl (C=O) groups is 2. The van der Waals surface area contributed by atoms with Crippen LogP contribution in [0.1, 0.15) is 29.6 Å². The molecule has 0 spiro atoms. The molecule has 144 valence electrons. The van der Waals surface area contributed by atoms with Crippen LogP contribution in [0.25, 0.3) is 0 Å². The maximum atomic E-state index is 12.7. The van der Waals surface area contributed by atoms with Gasteiger partial charge in [0.25, 0.3) is 5.91 Å². The zero-order valence-corrected chi connectivity index (χ0v) is 16.8. The van der Waals surface area contributed by atoms with Gasteiger partial charge in [-0.2, -0.15) is 0 Å². The first-order valence-corrected chi connectivity index (χ1v) is 9.50. The van der Waals surface area contributed by atoms with E-state index in [1.165, 1.54) is 0 Å². The van der Waals surface area contributed by atoms with Gasteiger partial charge in [0.05, 0.1) is 10.6 Å². The topological polar surface area (TPSA) is 66.6 Å². The van der Waals surface area contributed by atoms with Gasteiger partial charge in [0.15, 0.2) is 0 Å². The highest BCUT2D eigenvalue weighted by atomic mass is 35.5. The van der Waals surface area contributed by atoms with Gasteiger partial charge >= 0.3 is 0 Å². The Balaban J connectivity index is 0.00000243. The second-order valence-electron chi connectivity index (χ2n) is 6.77. The van der Waals surface area contributed by atoms with Crippen molar-refractivity contribution in [2.75, 3.05) is 32.7 Å². The molecule has 1 saturated heterocycles. The first-order valence-electron chi connectivity index (χ1n) is 8.74. The number of rotatable bonds is 3. The molecule has 3 rings (SSSR count). The Labute approximate surface area is 170 Å². The lowest BCUT2D eigenvalue weighted by Crippen LogP contribution is -2.52. The number of nitrogens with two attached hydrogens (primary N) is 1. The molecule has 2 atom stereocenters. The summed E-state index contributed by atoms with van der Waals surface area (Å²) in [4.78, 5) is 29.0. The highest BCUT2D eigenvalue weighted by Gasteiger charge is 2.36. The zero-order chi connectivity index (χ0) is 18.0. The number of nitrogens with zero attached hydrogens (tertiary/aromatic N) is 2. The molecule has 8 heteroatoms. The minimum atomic E-state index is -0.116. The minimum Gasteiger partial charge on any atom is -0.339 e. The van der Waals surface area contributed by atoms with Crippen molar-refractivity contribution >= 4 is 47.4 Å². The van der Waals surface area contributed by atoms with E-state index in [0.717, 1.165) is 19.3 Å². The predicted molar refractivity (Wildman–Crippen MR) is 106 cm³/mol. The van der Waals surface area contributed by atoms with Gasteiger partial charge < -0.3 is 15.5 Å². The van der Waals surface area contributed by atoms with Crippen LogP contribution in [0, 0.1) is 11.8 Å². The standard InChI is InChI=1S/C18H23Cl2N3O2.ClH/c19-13-4-5-15(16(20)10-13)18(25)23-8-6-22(7-9-23)17(24)14-3-1-2-12(14)11-21;/h4-5,10,12,14H,1-3,6-9,11,21H2;1H/t12-,14-;/m1./s1. The fourth-order valence-electron chi connectivity index (χ4n) is 3.84. The molecule has 1 heterocycles. The summed E-state index contributed by atoms with van der Waals surface area (Å²) in [6.45, 7) is 2.73. The predicted octanol–water partition coefficient (Wildman–Crippen LogP) is 3.07. The smallest absolute Gasteiger partial charge is 0.255 e. The third-order valence-electron chi connectivity index (χ3n) is 5.32. The molecular weight excluding hydrogens is 397 g/mol. The lowest BCUT2D eigenvalue weighted by Gasteiger charge is -2.37. The first kappa shape index (κ1) is 21.3. The van der Waals surface area contributed by atoms with E-state index < -0.39 is 0 Å². The second kappa shape index (κ2) is 9.27. The van der Waals surface area contributed by atoms with Crippen LogP contribution in [0.15, 0.2) is 18.2 Å². The van der Waals surface area contributed by atoms with E-state index in [2.05, 4.69) is 0 Å². The third kappa shape index (κ3) is 4.45. The van der Waals surface area contributed by atoms with Crippen LogP contribution in [0.5, 0.6) is 0 Å². The molecule has 1 saturated carbocycles. The van der Waals surface area contributed by atoms with Gasteiger partial charge in [-0.1, -0.05) is 29.6 Å². The molecule has 2 amide bonds. The van der Waals surface area contributed by atoms with Crippen LogP contribution in [-0.4, -0.2) is 54.3 Å². The van der Waals surface area contributed by atoms with Crippen molar-refractivity contribution in [3.05, 3.63) is 33.8 Å². The van der Waals surface area contributed by atoms with Crippen LogP contribution in [-0.2, 0) is 4.79 Å². The average molecular weight is 421 g/mol. The van der Waals surface area contributed by atoms with Crippen molar-refractivity contribution in [1.29, 1.82) is 0 Å². The quantitative estimate of drug-likeness (QED) is 0.817. The van der Waals surface area contributed by atoms with E-state index in [1.807, 2.05) is 4.90 Å². The SMILES string of the molecule is Cl.NC[C@H]1CCC[C@H]1C(=O)N1CCN(C(=O)c2ccc(Cl)cc2Cl)CC1. The van der Waals surface area contributed by atoms with Crippen LogP contribution in [0.2, 0.25) is 10.0 Å². The monoisotopic (exact) mass is 419 g/mol. The van der Waals surface area contributed by atoms with E-state index in [9.17, 15) is 9.59 Å². The fraction of sp³-hybridized carbons (Fsp3) is 0.556. The van der Waals surface area contributed by atoms with Crippen LogP contribution in [0.4, 0.5) is 0 Å². The van der Waals surface area contributed by atoms with Gasteiger partial charge in [0, 0.05) is 37.1 Å². The van der Waals surface area contributed by atoms with E-state index in [4.69, 9.17) is 28.9 Å². The van der Waals surface area contributed by atoms with E-state index in [-0.39, 0.29) is 30.1 Å². The summed E-state index contributed by atoms with van der Waals surface area (Å²) >= 11 is 12.0. The van der Waals surface area contributed by atoms with Crippen LogP contribution < -0.4 is 5.73 Å². The van der Waals surface area contributed by atoms with Crippen molar-refractivity contribution in [2.24, 2.45) is 17.6 Å². The maximum absolute atomic E-state index is 12.7. The number of piperazine rings is 1. The number of hydrogen-bond acceptors (Lipinski definition) is 3. The molecule has 0 radical (unpaired) electrons. The van der Waals surface area contributed by atoms with E-state index >= 15 is 0 Å². The number of carbonyl (C=O) groups excluding carboxylic acids is 2. The van der Waals surface area contributed by atoms with Crippen LogP contribution in [0.3, 0.4) is 0 Å². The van der Waals surface area contributed by atoms with Gasteiger partial charge in [0.1, 0.15) is 0 Å². The maximum Gasteiger partial charge on any atom is 0.255 e. The Kier molecular flexibility index (Phi) is 7.59. The van der Waals surface area contributed by atoms with Crippen molar-refractivity contribution in [3.63, 3.8) is 0 Å². The molecule has 1 aliphatic heterocycles. The lowest BCUT2D eigenvalue weighted by molar-refractivity contribution is -0.138. The van der Waals surface area contributed by atoms with Crippen molar-refractivity contribution in [3.8, 4) is 0 Å². The first-order chi connectivity index (χ1) is 12.0.